The molecule has 0 spiro atoms. The highest BCUT2D eigenvalue weighted by Gasteiger charge is 2.51. The summed E-state index contributed by atoms with van der Waals surface area (Å²) in [5.41, 5.74) is -1.15. The lowest BCUT2D eigenvalue weighted by Crippen LogP contribution is -2.44. The number of nitriles is 1. The van der Waals surface area contributed by atoms with Crippen LogP contribution < -0.4 is 20.6 Å². The second-order valence-corrected chi connectivity index (χ2v) is 12.0. The number of hydrogen-bond acceptors (Lipinski definition) is 7. The molecule has 2 aromatic carbocycles. The Morgan fingerprint density at radius 1 is 1.11 bits per heavy atom. The number of nitrogens with zero attached hydrogens (tertiary/aromatic N) is 3. The van der Waals surface area contributed by atoms with Gasteiger partial charge in [-0.2, -0.15) is 18.4 Å². The molecule has 2 heterocycles. The van der Waals surface area contributed by atoms with Crippen LogP contribution >= 0.6 is 12.2 Å². The summed E-state index contributed by atoms with van der Waals surface area (Å²) in [6.07, 6.45) is 0.464. The van der Waals surface area contributed by atoms with Gasteiger partial charge >= 0.3 is 6.18 Å². The van der Waals surface area contributed by atoms with Crippen molar-refractivity contribution >= 4 is 46.4 Å². The summed E-state index contributed by atoms with van der Waals surface area (Å²) in [7, 11) is 0. The number of amides is 3. The molecule has 1 unspecified atom stereocenters. The van der Waals surface area contributed by atoms with Crippen molar-refractivity contribution in [3.63, 3.8) is 0 Å². The number of nitrogens with one attached hydrogen (secondary N) is 2. The van der Waals surface area contributed by atoms with E-state index in [0.29, 0.717) is 31.9 Å². The quantitative estimate of drug-likeness (QED) is 0.124. The van der Waals surface area contributed by atoms with Crippen molar-refractivity contribution < 1.29 is 41.5 Å². The minimum absolute atomic E-state index is 0.121. The van der Waals surface area contributed by atoms with Crippen LogP contribution in [0.25, 0.3) is 0 Å². The molecular formula is C32H35F4N5O5S. The molecule has 15 heteroatoms. The van der Waals surface area contributed by atoms with E-state index in [-0.39, 0.29) is 34.5 Å². The first-order valence-electron chi connectivity index (χ1n) is 15.2. The van der Waals surface area contributed by atoms with E-state index in [1.807, 2.05) is 0 Å². The Labute approximate surface area is 274 Å². The molecule has 2 aromatic rings. The molecule has 0 aromatic heterocycles. The van der Waals surface area contributed by atoms with E-state index >= 15 is 4.39 Å². The number of hydrogen-bond donors (Lipinski definition) is 2. The third-order valence-corrected chi connectivity index (χ3v) is 8.23. The fourth-order valence-corrected chi connectivity index (χ4v) is 5.86. The van der Waals surface area contributed by atoms with Crippen LogP contribution in [0.3, 0.4) is 0 Å². The van der Waals surface area contributed by atoms with Gasteiger partial charge in [-0.1, -0.05) is 12.8 Å². The van der Waals surface area contributed by atoms with Crippen molar-refractivity contribution in [3.8, 4) is 6.07 Å². The maximum atomic E-state index is 15.2. The minimum atomic E-state index is -4.85. The molecule has 3 amide bonds. The summed E-state index contributed by atoms with van der Waals surface area (Å²) < 4.78 is 61.4. The van der Waals surface area contributed by atoms with Gasteiger partial charge in [-0.05, 0) is 88.1 Å². The van der Waals surface area contributed by atoms with E-state index in [0.717, 1.165) is 49.1 Å². The smallest absolute Gasteiger partial charge is 0.352 e. The summed E-state index contributed by atoms with van der Waals surface area (Å²) in [5, 5.41) is 11.6. The van der Waals surface area contributed by atoms with E-state index in [1.165, 1.54) is 43.0 Å². The van der Waals surface area contributed by atoms with Crippen LogP contribution in [0.1, 0.15) is 86.7 Å². The molecule has 0 bridgehead atoms. The SMILES string of the molecule is CC1(C)C(=O)N(c2ccc(C#N)c(C(F)(F)F)c2)C(=S)N1c1ccc(C(=O)NCCCCCCC(=O)NOC2CCCCO2)c(F)c1. The average Bonchev–Trinajstić information content (AvgIpc) is 3.21. The van der Waals surface area contributed by atoms with Crippen molar-refractivity contribution in [2.24, 2.45) is 0 Å². The van der Waals surface area contributed by atoms with E-state index in [4.69, 9.17) is 27.1 Å². The third kappa shape index (κ3) is 8.43. The molecule has 2 fully saturated rings. The molecule has 0 saturated carbocycles. The molecule has 4 rings (SSSR count). The number of unbranched alkanes of at least 4 members (excludes halogenated alkanes) is 3. The van der Waals surface area contributed by atoms with Gasteiger partial charge in [0.25, 0.3) is 11.8 Å². The van der Waals surface area contributed by atoms with Gasteiger partial charge in [0.15, 0.2) is 11.4 Å². The van der Waals surface area contributed by atoms with Crippen LogP contribution in [0, 0.1) is 17.1 Å². The number of thiocarbonyl (C=S) groups is 1. The van der Waals surface area contributed by atoms with Gasteiger partial charge in [0.2, 0.25) is 5.91 Å². The Bertz CT molecular complexity index is 1560. The maximum Gasteiger partial charge on any atom is 0.417 e. The number of benzene rings is 2. The third-order valence-electron chi connectivity index (χ3n) is 7.87. The van der Waals surface area contributed by atoms with Crippen LogP contribution in [0.5, 0.6) is 0 Å². The summed E-state index contributed by atoms with van der Waals surface area (Å²) in [4.78, 5) is 45.5. The van der Waals surface area contributed by atoms with Crippen molar-refractivity contribution in [1.29, 1.82) is 5.26 Å². The Hall–Kier alpha value is -4.13. The number of hydroxylamine groups is 1. The van der Waals surface area contributed by atoms with Crippen LogP contribution in [0.2, 0.25) is 0 Å². The summed E-state index contributed by atoms with van der Waals surface area (Å²) in [6.45, 7) is 3.87. The maximum absolute atomic E-state index is 15.2. The number of rotatable bonds is 12. The lowest BCUT2D eigenvalue weighted by atomic mass is 10.0. The predicted octanol–water partition coefficient (Wildman–Crippen LogP) is 5.89. The highest BCUT2D eigenvalue weighted by molar-refractivity contribution is 7.81. The Morgan fingerprint density at radius 3 is 2.49 bits per heavy atom. The molecule has 2 N–H and O–H groups in total. The number of anilines is 2. The van der Waals surface area contributed by atoms with Gasteiger partial charge in [0.1, 0.15) is 11.4 Å². The van der Waals surface area contributed by atoms with Gasteiger partial charge < -0.3 is 15.0 Å². The van der Waals surface area contributed by atoms with Gasteiger partial charge in [-0.15, -0.1) is 0 Å². The predicted molar refractivity (Wildman–Crippen MR) is 167 cm³/mol. The fourth-order valence-electron chi connectivity index (χ4n) is 5.33. The molecule has 2 saturated heterocycles. The second-order valence-electron chi connectivity index (χ2n) is 11.7. The summed E-state index contributed by atoms with van der Waals surface area (Å²) in [6, 6.07) is 8.00. The molecule has 1 atom stereocenters. The zero-order valence-corrected chi connectivity index (χ0v) is 26.7. The highest BCUT2D eigenvalue weighted by atomic mass is 32.1. The molecule has 252 valence electrons. The van der Waals surface area contributed by atoms with E-state index in [2.05, 4.69) is 10.8 Å². The van der Waals surface area contributed by atoms with Gasteiger partial charge in [-0.25, -0.2) is 14.7 Å². The van der Waals surface area contributed by atoms with E-state index in [1.54, 1.807) is 0 Å². The molecule has 0 aliphatic carbocycles. The molecule has 0 radical (unpaired) electrons. The normalized spacial score (nSPS) is 17.9. The Kier molecular flexibility index (Phi) is 11.5. The molecule has 10 nitrogen and oxygen atoms in total. The van der Waals surface area contributed by atoms with Gasteiger partial charge in [0, 0.05) is 31.7 Å². The lowest BCUT2D eigenvalue weighted by molar-refractivity contribution is -0.200. The first-order valence-corrected chi connectivity index (χ1v) is 15.6. The minimum Gasteiger partial charge on any atom is -0.352 e. The molecule has 2 aliphatic heterocycles. The van der Waals surface area contributed by atoms with Crippen LogP contribution in [-0.4, -0.2) is 47.8 Å². The number of alkyl halides is 3. The zero-order chi connectivity index (χ0) is 34.4. The second kappa shape index (κ2) is 15.2. The van der Waals surface area contributed by atoms with Crippen LogP contribution in [0.4, 0.5) is 28.9 Å². The van der Waals surface area contributed by atoms with Crippen molar-refractivity contribution in [3.05, 3.63) is 58.9 Å². The lowest BCUT2D eigenvalue weighted by Gasteiger charge is -2.29. The van der Waals surface area contributed by atoms with Gasteiger partial charge in [0.05, 0.1) is 28.4 Å². The van der Waals surface area contributed by atoms with Crippen molar-refractivity contribution in [2.45, 2.75) is 83.2 Å². The molecular weight excluding hydrogens is 642 g/mol. The monoisotopic (exact) mass is 677 g/mol. The van der Waals surface area contributed by atoms with Crippen molar-refractivity contribution in [2.75, 3.05) is 23.0 Å². The number of carbonyl (C=O) groups excluding carboxylic acids is 3. The van der Waals surface area contributed by atoms with Crippen LogP contribution in [0.15, 0.2) is 36.4 Å². The number of carbonyl (C=O) groups is 3. The first kappa shape index (κ1) is 35.7. The first-order chi connectivity index (χ1) is 22.3. The average molecular weight is 678 g/mol. The van der Waals surface area contributed by atoms with Crippen LogP contribution in [-0.2, 0) is 25.3 Å². The van der Waals surface area contributed by atoms with Crippen molar-refractivity contribution in [1.82, 2.24) is 10.8 Å². The largest absolute Gasteiger partial charge is 0.417 e. The number of halogens is 4. The zero-order valence-electron chi connectivity index (χ0n) is 25.9. The topological polar surface area (TPSA) is 124 Å². The Morgan fingerprint density at radius 2 is 1.83 bits per heavy atom. The van der Waals surface area contributed by atoms with Gasteiger partial charge in [-0.3, -0.25) is 19.3 Å². The Balaban J connectivity index is 1.30. The fraction of sp³-hybridized carbons (Fsp3) is 0.469. The van der Waals surface area contributed by atoms with E-state index in [9.17, 15) is 27.6 Å². The summed E-state index contributed by atoms with van der Waals surface area (Å²) in [5.74, 6) is -2.42. The van der Waals surface area contributed by atoms with E-state index < -0.39 is 46.8 Å². The molecule has 47 heavy (non-hydrogen) atoms. The highest BCUT2D eigenvalue weighted by Crippen LogP contribution is 2.40. The summed E-state index contributed by atoms with van der Waals surface area (Å²) >= 11 is 5.48. The number of ether oxygens (including phenoxy) is 1. The molecule has 2 aliphatic rings. The standard InChI is InChI=1S/C32H35F4N5O5S/c1-31(2)29(44)40(21-12-11-20(19-37)24(17-21)32(34,35)36)30(47)41(31)22-13-14-23(25(33)18-22)28(43)38-15-7-4-3-5-9-26(42)39-46-27-10-6-8-16-45-27/h11-14,17-18,27H,3-10,15-16H2,1-2H3,(H,38,43)(H,39,42).